The number of rotatable bonds is 5. The molecule has 1 saturated heterocycles. The van der Waals surface area contributed by atoms with Gasteiger partial charge in [0.05, 0.1) is 0 Å². The van der Waals surface area contributed by atoms with E-state index >= 15 is 0 Å². The molecule has 1 fully saturated rings. The maximum Gasteiger partial charge on any atom is 0.303 e. The lowest BCUT2D eigenvalue weighted by molar-refractivity contribution is -0.137. The average Bonchev–Trinajstić information content (AvgIpc) is 2.35. The number of benzene rings is 1. The van der Waals surface area contributed by atoms with Crippen LogP contribution < -0.4 is 0 Å². The van der Waals surface area contributed by atoms with Crippen LogP contribution in [0.25, 0.3) is 0 Å². The van der Waals surface area contributed by atoms with Crippen LogP contribution in [0.4, 0.5) is 4.39 Å². The molecule has 110 valence electrons. The maximum absolute atomic E-state index is 13.3. The standard InChI is InChI=1S/C15H19ClFNO2/c16-13-6-12(7-14(17)8-13)10-18-5-1-2-11(9-18)3-4-15(19)20/h6-8,11H,1-5,9-10H2,(H,19,20). The number of likely N-dealkylation sites (tertiary alicyclic amines) is 1. The molecule has 1 aliphatic heterocycles. The summed E-state index contributed by atoms with van der Waals surface area (Å²) >= 11 is 5.86. The predicted octanol–water partition coefficient (Wildman–Crippen LogP) is 3.56. The third-order valence-electron chi connectivity index (χ3n) is 3.70. The van der Waals surface area contributed by atoms with Crippen LogP contribution in [0.5, 0.6) is 0 Å². The van der Waals surface area contributed by atoms with Crippen LogP contribution in [0.1, 0.15) is 31.2 Å². The highest BCUT2D eigenvalue weighted by molar-refractivity contribution is 6.30. The third-order valence-corrected chi connectivity index (χ3v) is 3.92. The zero-order chi connectivity index (χ0) is 14.5. The van der Waals surface area contributed by atoms with Crippen molar-refractivity contribution in [2.24, 2.45) is 5.92 Å². The van der Waals surface area contributed by atoms with Gasteiger partial charge in [-0.05, 0) is 55.5 Å². The van der Waals surface area contributed by atoms with Gasteiger partial charge in [0.15, 0.2) is 0 Å². The van der Waals surface area contributed by atoms with Crippen LogP contribution in [0, 0.1) is 11.7 Å². The molecular weight excluding hydrogens is 281 g/mol. The normalized spacial score (nSPS) is 20.0. The number of carboxylic acids is 1. The maximum atomic E-state index is 13.3. The van der Waals surface area contributed by atoms with Crippen LogP contribution >= 0.6 is 11.6 Å². The van der Waals surface area contributed by atoms with Gasteiger partial charge in [0.25, 0.3) is 0 Å². The van der Waals surface area contributed by atoms with Crippen molar-refractivity contribution in [2.75, 3.05) is 13.1 Å². The zero-order valence-electron chi connectivity index (χ0n) is 11.3. The van der Waals surface area contributed by atoms with E-state index in [4.69, 9.17) is 16.7 Å². The van der Waals surface area contributed by atoms with Crippen LogP contribution in [0.3, 0.4) is 0 Å². The number of carboxylic acid groups (broad SMARTS) is 1. The molecule has 0 saturated carbocycles. The van der Waals surface area contributed by atoms with E-state index in [1.165, 1.54) is 12.1 Å². The van der Waals surface area contributed by atoms with Crippen molar-refractivity contribution < 1.29 is 14.3 Å². The summed E-state index contributed by atoms with van der Waals surface area (Å²) in [4.78, 5) is 12.9. The van der Waals surface area contributed by atoms with E-state index in [9.17, 15) is 9.18 Å². The second-order valence-electron chi connectivity index (χ2n) is 5.45. The summed E-state index contributed by atoms with van der Waals surface area (Å²) < 4.78 is 13.3. The number of nitrogens with zero attached hydrogens (tertiary/aromatic N) is 1. The number of hydrogen-bond donors (Lipinski definition) is 1. The molecule has 2 rings (SSSR count). The first-order valence-electron chi connectivity index (χ1n) is 6.92. The van der Waals surface area contributed by atoms with Gasteiger partial charge >= 0.3 is 5.97 Å². The molecule has 1 aromatic carbocycles. The summed E-state index contributed by atoms with van der Waals surface area (Å²) in [6, 6.07) is 4.59. The van der Waals surface area contributed by atoms with Gasteiger partial charge in [-0.1, -0.05) is 11.6 Å². The molecule has 1 atom stereocenters. The van der Waals surface area contributed by atoms with Crippen molar-refractivity contribution in [1.29, 1.82) is 0 Å². The Balaban J connectivity index is 1.90. The SMILES string of the molecule is O=C(O)CCC1CCCN(Cc2cc(F)cc(Cl)c2)C1. The summed E-state index contributed by atoms with van der Waals surface area (Å²) in [5, 5.41) is 9.15. The van der Waals surface area contributed by atoms with Crippen LogP contribution in [0.2, 0.25) is 5.02 Å². The molecule has 1 unspecified atom stereocenters. The summed E-state index contributed by atoms with van der Waals surface area (Å²) in [7, 11) is 0. The summed E-state index contributed by atoms with van der Waals surface area (Å²) in [5.41, 5.74) is 0.869. The van der Waals surface area contributed by atoms with Gasteiger partial charge in [-0.2, -0.15) is 0 Å². The molecule has 5 heteroatoms. The summed E-state index contributed by atoms with van der Waals surface area (Å²) in [5.74, 6) is -0.630. The Labute approximate surface area is 123 Å². The van der Waals surface area contributed by atoms with Crippen LogP contribution in [-0.4, -0.2) is 29.1 Å². The van der Waals surface area contributed by atoms with Crippen molar-refractivity contribution >= 4 is 17.6 Å². The Bertz CT molecular complexity index is 461. The van der Waals surface area contributed by atoms with E-state index in [2.05, 4.69) is 4.90 Å². The van der Waals surface area contributed by atoms with Gasteiger partial charge in [0.1, 0.15) is 5.82 Å². The zero-order valence-corrected chi connectivity index (χ0v) is 12.1. The molecule has 0 aromatic heterocycles. The molecule has 0 amide bonds. The number of halogens is 2. The van der Waals surface area contributed by atoms with E-state index in [0.29, 0.717) is 17.5 Å². The van der Waals surface area contributed by atoms with Gasteiger partial charge in [-0.15, -0.1) is 0 Å². The van der Waals surface area contributed by atoms with Crippen LogP contribution in [0.15, 0.2) is 18.2 Å². The highest BCUT2D eigenvalue weighted by atomic mass is 35.5. The van der Waals surface area contributed by atoms with E-state index in [0.717, 1.165) is 37.9 Å². The Morgan fingerprint density at radius 2 is 2.25 bits per heavy atom. The van der Waals surface area contributed by atoms with E-state index in [1.807, 2.05) is 0 Å². The minimum Gasteiger partial charge on any atom is -0.481 e. The first-order chi connectivity index (χ1) is 9.52. The van der Waals surface area contributed by atoms with Crippen molar-refractivity contribution in [1.82, 2.24) is 4.90 Å². The van der Waals surface area contributed by atoms with Crippen molar-refractivity contribution in [3.8, 4) is 0 Å². The van der Waals surface area contributed by atoms with Gasteiger partial charge in [0, 0.05) is 24.5 Å². The van der Waals surface area contributed by atoms with Crippen molar-refractivity contribution in [3.05, 3.63) is 34.6 Å². The first kappa shape index (κ1) is 15.3. The lowest BCUT2D eigenvalue weighted by Gasteiger charge is -2.32. The van der Waals surface area contributed by atoms with Crippen LogP contribution in [-0.2, 0) is 11.3 Å². The Kier molecular flexibility index (Phi) is 5.38. The van der Waals surface area contributed by atoms with Crippen molar-refractivity contribution in [3.63, 3.8) is 0 Å². The Morgan fingerprint density at radius 1 is 1.45 bits per heavy atom. The number of piperidine rings is 1. The van der Waals surface area contributed by atoms with Crippen molar-refractivity contribution in [2.45, 2.75) is 32.2 Å². The smallest absolute Gasteiger partial charge is 0.303 e. The molecular formula is C15H19ClFNO2. The molecule has 0 radical (unpaired) electrons. The lowest BCUT2D eigenvalue weighted by atomic mass is 9.93. The van der Waals surface area contributed by atoms with Gasteiger partial charge < -0.3 is 5.11 Å². The Morgan fingerprint density at radius 3 is 2.95 bits per heavy atom. The molecule has 20 heavy (non-hydrogen) atoms. The fraction of sp³-hybridized carbons (Fsp3) is 0.533. The molecule has 0 aliphatic carbocycles. The highest BCUT2D eigenvalue weighted by Crippen LogP contribution is 2.23. The Hall–Kier alpha value is -1.13. The quantitative estimate of drug-likeness (QED) is 0.904. The first-order valence-corrected chi connectivity index (χ1v) is 7.30. The minimum atomic E-state index is -0.737. The van der Waals surface area contributed by atoms with Gasteiger partial charge in [0.2, 0.25) is 0 Å². The molecule has 1 N–H and O–H groups in total. The summed E-state index contributed by atoms with van der Waals surface area (Å²) in [6.45, 7) is 2.51. The number of hydrogen-bond acceptors (Lipinski definition) is 2. The third kappa shape index (κ3) is 4.76. The fourth-order valence-corrected chi connectivity index (χ4v) is 3.06. The number of carbonyl (C=O) groups is 1. The molecule has 1 aliphatic rings. The largest absolute Gasteiger partial charge is 0.481 e. The second kappa shape index (κ2) is 7.04. The predicted molar refractivity (Wildman–Crippen MR) is 76.3 cm³/mol. The molecule has 1 heterocycles. The topological polar surface area (TPSA) is 40.5 Å². The molecule has 3 nitrogen and oxygen atoms in total. The van der Waals surface area contributed by atoms with E-state index in [-0.39, 0.29) is 12.2 Å². The highest BCUT2D eigenvalue weighted by Gasteiger charge is 2.20. The van der Waals surface area contributed by atoms with E-state index in [1.54, 1.807) is 6.07 Å². The molecule has 0 bridgehead atoms. The second-order valence-corrected chi connectivity index (χ2v) is 5.89. The summed E-state index contributed by atoms with van der Waals surface area (Å²) in [6.07, 6.45) is 3.08. The number of aliphatic carboxylic acids is 1. The van der Waals surface area contributed by atoms with E-state index < -0.39 is 5.97 Å². The van der Waals surface area contributed by atoms with Gasteiger partial charge in [-0.3, -0.25) is 9.69 Å². The lowest BCUT2D eigenvalue weighted by Crippen LogP contribution is -2.35. The minimum absolute atomic E-state index is 0.226. The monoisotopic (exact) mass is 299 g/mol. The molecule has 0 spiro atoms. The molecule has 1 aromatic rings. The average molecular weight is 300 g/mol. The van der Waals surface area contributed by atoms with Gasteiger partial charge in [-0.25, -0.2) is 4.39 Å². The fourth-order valence-electron chi connectivity index (χ4n) is 2.82.